The number of pyridine rings is 1. The number of halogens is 1. The van der Waals surface area contributed by atoms with Gasteiger partial charge in [-0.25, -0.2) is 9.37 Å². The van der Waals surface area contributed by atoms with E-state index in [2.05, 4.69) is 10.3 Å². The molecule has 0 bridgehead atoms. The fourth-order valence-electron chi connectivity index (χ4n) is 1.47. The van der Waals surface area contributed by atoms with Crippen molar-refractivity contribution >= 4 is 17.2 Å². The van der Waals surface area contributed by atoms with Crippen molar-refractivity contribution in [2.75, 3.05) is 17.9 Å². The third-order valence-electron chi connectivity index (χ3n) is 2.27. The molecule has 1 aromatic carbocycles. The van der Waals surface area contributed by atoms with Gasteiger partial charge < -0.3 is 10.1 Å². The van der Waals surface area contributed by atoms with Crippen LogP contribution in [0.4, 0.5) is 21.6 Å². The summed E-state index contributed by atoms with van der Waals surface area (Å²) in [5, 5.41) is 11.7. The van der Waals surface area contributed by atoms with Gasteiger partial charge in [0, 0.05) is 30.1 Å². The molecule has 0 saturated carbocycles. The molecule has 0 spiro atoms. The first-order valence-corrected chi connectivity index (χ1v) is 5.19. The standard InChI is InChI=1S/C12H12FN3O2/c1-18-11-5-8(13)4-10(6-11)15-12-7-9(16-17)2-3-14-12/h2-7,17H,1H3,(H2,14,15,16). The maximum Gasteiger partial charge on any atom is 0.132 e. The molecule has 0 atom stereocenters. The molecule has 94 valence electrons. The average molecular weight is 249 g/mol. The number of hydrogen-bond donors (Lipinski definition) is 3. The summed E-state index contributed by atoms with van der Waals surface area (Å²) in [7, 11) is 1.47. The number of nitrogens with zero attached hydrogens (tertiary/aromatic N) is 1. The van der Waals surface area contributed by atoms with Gasteiger partial charge in [-0.15, -0.1) is 0 Å². The van der Waals surface area contributed by atoms with Crippen LogP contribution < -0.4 is 15.5 Å². The van der Waals surface area contributed by atoms with Gasteiger partial charge in [-0.05, 0) is 12.1 Å². The molecule has 0 radical (unpaired) electrons. The third-order valence-corrected chi connectivity index (χ3v) is 2.27. The summed E-state index contributed by atoms with van der Waals surface area (Å²) in [6, 6.07) is 7.42. The SMILES string of the molecule is COc1cc(F)cc(Nc2cc(NO)ccn2)c1. The summed E-state index contributed by atoms with van der Waals surface area (Å²) in [5.41, 5.74) is 3.00. The average Bonchev–Trinajstić information content (AvgIpc) is 2.38. The highest BCUT2D eigenvalue weighted by Crippen LogP contribution is 2.23. The van der Waals surface area contributed by atoms with Gasteiger partial charge in [0.1, 0.15) is 17.4 Å². The van der Waals surface area contributed by atoms with Crippen LogP contribution in [0.5, 0.6) is 5.75 Å². The summed E-state index contributed by atoms with van der Waals surface area (Å²) in [5.74, 6) is 0.476. The molecule has 1 aromatic heterocycles. The highest BCUT2D eigenvalue weighted by atomic mass is 19.1. The number of hydrogen-bond acceptors (Lipinski definition) is 5. The monoisotopic (exact) mass is 249 g/mol. The van der Waals surface area contributed by atoms with Gasteiger partial charge in [-0.3, -0.25) is 10.7 Å². The van der Waals surface area contributed by atoms with Gasteiger partial charge in [-0.1, -0.05) is 0 Å². The number of benzene rings is 1. The molecule has 0 aliphatic rings. The van der Waals surface area contributed by atoms with Crippen LogP contribution in [0.15, 0.2) is 36.5 Å². The fraction of sp³-hybridized carbons (Fsp3) is 0.0833. The van der Waals surface area contributed by atoms with E-state index in [1.165, 1.54) is 25.4 Å². The van der Waals surface area contributed by atoms with Crippen molar-refractivity contribution in [3.8, 4) is 5.75 Å². The van der Waals surface area contributed by atoms with E-state index in [0.29, 0.717) is 22.9 Å². The first kappa shape index (κ1) is 12.1. The molecule has 18 heavy (non-hydrogen) atoms. The van der Waals surface area contributed by atoms with Crippen LogP contribution in [-0.2, 0) is 0 Å². The number of aromatic nitrogens is 1. The van der Waals surface area contributed by atoms with Crippen LogP contribution in [0, 0.1) is 5.82 Å². The Balaban J connectivity index is 2.24. The van der Waals surface area contributed by atoms with Crippen LogP contribution in [0.3, 0.4) is 0 Å². The van der Waals surface area contributed by atoms with E-state index in [4.69, 9.17) is 9.94 Å². The van der Waals surface area contributed by atoms with Crippen molar-refractivity contribution < 1.29 is 14.3 Å². The van der Waals surface area contributed by atoms with Crippen LogP contribution >= 0.6 is 0 Å². The van der Waals surface area contributed by atoms with E-state index in [1.54, 1.807) is 18.2 Å². The highest BCUT2D eigenvalue weighted by Gasteiger charge is 2.03. The molecule has 5 nitrogen and oxygen atoms in total. The minimum Gasteiger partial charge on any atom is -0.497 e. The molecular formula is C12H12FN3O2. The van der Waals surface area contributed by atoms with Gasteiger partial charge in [-0.2, -0.15) is 0 Å². The molecule has 2 rings (SSSR count). The Kier molecular flexibility index (Phi) is 3.59. The molecule has 0 unspecified atom stereocenters. The predicted molar refractivity (Wildman–Crippen MR) is 65.9 cm³/mol. The lowest BCUT2D eigenvalue weighted by molar-refractivity contribution is 0.389. The maximum absolute atomic E-state index is 13.3. The lowest BCUT2D eigenvalue weighted by Gasteiger charge is -2.08. The van der Waals surface area contributed by atoms with Crippen LogP contribution in [0.1, 0.15) is 0 Å². The molecule has 6 heteroatoms. The normalized spacial score (nSPS) is 9.94. The zero-order valence-electron chi connectivity index (χ0n) is 9.64. The molecule has 1 heterocycles. The second-order valence-electron chi connectivity index (χ2n) is 3.55. The van der Waals surface area contributed by atoms with Crippen molar-refractivity contribution in [1.29, 1.82) is 0 Å². The first-order chi connectivity index (χ1) is 8.71. The van der Waals surface area contributed by atoms with E-state index in [9.17, 15) is 4.39 Å². The van der Waals surface area contributed by atoms with Gasteiger partial charge in [0.05, 0.1) is 12.8 Å². The summed E-state index contributed by atoms with van der Waals surface area (Å²) in [6.45, 7) is 0. The quantitative estimate of drug-likeness (QED) is 0.727. The van der Waals surface area contributed by atoms with Crippen LogP contribution in [-0.4, -0.2) is 17.3 Å². The minimum absolute atomic E-state index is 0.409. The van der Waals surface area contributed by atoms with E-state index in [1.807, 2.05) is 5.48 Å². The molecule has 2 aromatic rings. The second kappa shape index (κ2) is 5.33. The minimum atomic E-state index is -0.409. The Labute approximate surface area is 103 Å². The van der Waals surface area contributed by atoms with E-state index in [-0.39, 0.29) is 0 Å². The largest absolute Gasteiger partial charge is 0.497 e. The van der Waals surface area contributed by atoms with Crippen LogP contribution in [0.25, 0.3) is 0 Å². The summed E-state index contributed by atoms with van der Waals surface area (Å²) in [6.07, 6.45) is 1.51. The van der Waals surface area contributed by atoms with Crippen molar-refractivity contribution in [2.45, 2.75) is 0 Å². The number of rotatable bonds is 4. The van der Waals surface area contributed by atoms with Gasteiger partial charge in [0.2, 0.25) is 0 Å². The summed E-state index contributed by atoms with van der Waals surface area (Å²) < 4.78 is 18.2. The topological polar surface area (TPSA) is 66.4 Å². The Morgan fingerprint density at radius 2 is 2.06 bits per heavy atom. The first-order valence-electron chi connectivity index (χ1n) is 5.19. The Morgan fingerprint density at radius 1 is 1.22 bits per heavy atom. The molecule has 3 N–H and O–H groups in total. The molecule has 0 fully saturated rings. The van der Waals surface area contributed by atoms with Crippen LogP contribution in [0.2, 0.25) is 0 Å². The Bertz CT molecular complexity index is 549. The molecule has 0 aliphatic heterocycles. The zero-order chi connectivity index (χ0) is 13.0. The van der Waals surface area contributed by atoms with Crippen molar-refractivity contribution in [2.24, 2.45) is 0 Å². The Hall–Kier alpha value is -2.34. The smallest absolute Gasteiger partial charge is 0.132 e. The Morgan fingerprint density at radius 3 is 2.78 bits per heavy atom. The summed E-state index contributed by atoms with van der Waals surface area (Å²) in [4.78, 5) is 4.04. The third kappa shape index (κ3) is 2.86. The fourth-order valence-corrected chi connectivity index (χ4v) is 1.47. The van der Waals surface area contributed by atoms with Crippen molar-refractivity contribution in [1.82, 2.24) is 4.98 Å². The van der Waals surface area contributed by atoms with Crippen molar-refractivity contribution in [3.05, 3.63) is 42.3 Å². The zero-order valence-corrected chi connectivity index (χ0v) is 9.64. The number of nitrogens with one attached hydrogen (secondary N) is 2. The molecular weight excluding hydrogens is 237 g/mol. The number of methoxy groups -OCH3 is 1. The molecule has 0 aliphatic carbocycles. The summed E-state index contributed by atoms with van der Waals surface area (Å²) >= 11 is 0. The van der Waals surface area contributed by atoms with E-state index in [0.717, 1.165) is 0 Å². The number of ether oxygens (including phenoxy) is 1. The lowest BCUT2D eigenvalue weighted by atomic mass is 10.3. The van der Waals surface area contributed by atoms with Gasteiger partial charge in [0.25, 0.3) is 0 Å². The highest BCUT2D eigenvalue weighted by molar-refractivity contribution is 5.61. The van der Waals surface area contributed by atoms with Gasteiger partial charge in [0.15, 0.2) is 0 Å². The lowest BCUT2D eigenvalue weighted by Crippen LogP contribution is -1.97. The van der Waals surface area contributed by atoms with Crippen molar-refractivity contribution in [3.63, 3.8) is 0 Å². The number of anilines is 3. The van der Waals surface area contributed by atoms with E-state index < -0.39 is 5.82 Å². The maximum atomic E-state index is 13.3. The van der Waals surface area contributed by atoms with Gasteiger partial charge >= 0.3 is 0 Å². The molecule has 0 saturated heterocycles. The predicted octanol–water partition coefficient (Wildman–Crippen LogP) is 2.77. The molecule has 0 amide bonds. The second-order valence-corrected chi connectivity index (χ2v) is 3.55. The van der Waals surface area contributed by atoms with E-state index >= 15 is 0 Å².